The monoisotopic (exact) mass is 265 g/mol. The van der Waals surface area contributed by atoms with Gasteiger partial charge < -0.3 is 5.32 Å². The van der Waals surface area contributed by atoms with Crippen molar-refractivity contribution in [1.82, 2.24) is 10.0 Å². The molecule has 2 aliphatic rings. The van der Waals surface area contributed by atoms with E-state index in [0.717, 1.165) is 19.5 Å². The minimum Gasteiger partial charge on any atom is -0.316 e. The molecule has 0 saturated carbocycles. The molecule has 1 aromatic carbocycles. The van der Waals surface area contributed by atoms with Crippen LogP contribution in [-0.2, 0) is 10.0 Å². The summed E-state index contributed by atoms with van der Waals surface area (Å²) in [5.41, 5.74) is 0.684. The van der Waals surface area contributed by atoms with Crippen LogP contribution in [0, 0.1) is 5.92 Å². The predicted octanol–water partition coefficient (Wildman–Crippen LogP) is 0.335. The number of amidine groups is 1. The van der Waals surface area contributed by atoms with Crippen LogP contribution in [0.4, 0.5) is 0 Å². The van der Waals surface area contributed by atoms with Crippen LogP contribution in [0.1, 0.15) is 12.0 Å². The fourth-order valence-electron chi connectivity index (χ4n) is 2.34. The average Bonchev–Trinajstić information content (AvgIpc) is 2.95. The van der Waals surface area contributed by atoms with Crippen molar-refractivity contribution < 1.29 is 8.42 Å². The molecule has 0 radical (unpaired) electrons. The maximum atomic E-state index is 11.9. The molecule has 96 valence electrons. The zero-order valence-corrected chi connectivity index (χ0v) is 10.7. The molecule has 1 unspecified atom stereocenters. The van der Waals surface area contributed by atoms with Gasteiger partial charge in [-0.3, -0.25) is 9.71 Å². The van der Waals surface area contributed by atoms with Gasteiger partial charge in [0.25, 0.3) is 10.0 Å². The van der Waals surface area contributed by atoms with Gasteiger partial charge in [0, 0.05) is 12.1 Å². The Bertz CT molecular complexity index is 589. The van der Waals surface area contributed by atoms with Gasteiger partial charge >= 0.3 is 0 Å². The molecular weight excluding hydrogens is 250 g/mol. The third-order valence-corrected chi connectivity index (χ3v) is 4.73. The van der Waals surface area contributed by atoms with Gasteiger partial charge in [-0.1, -0.05) is 12.1 Å². The van der Waals surface area contributed by atoms with Crippen LogP contribution in [0.15, 0.2) is 34.2 Å². The van der Waals surface area contributed by atoms with Crippen molar-refractivity contribution in [3.05, 3.63) is 29.8 Å². The summed E-state index contributed by atoms with van der Waals surface area (Å²) in [6, 6.07) is 6.95. The van der Waals surface area contributed by atoms with Gasteiger partial charge in [-0.05, 0) is 37.6 Å². The highest BCUT2D eigenvalue weighted by molar-refractivity contribution is 7.90. The van der Waals surface area contributed by atoms with E-state index < -0.39 is 10.0 Å². The summed E-state index contributed by atoms with van der Waals surface area (Å²) in [5, 5.41) is 3.28. The van der Waals surface area contributed by atoms with Crippen LogP contribution < -0.4 is 10.0 Å². The number of hydrogen-bond donors (Lipinski definition) is 2. The Labute approximate surface area is 106 Å². The summed E-state index contributed by atoms with van der Waals surface area (Å²) in [6.07, 6.45) is 1.10. The minimum absolute atomic E-state index is 0.327. The highest BCUT2D eigenvalue weighted by Crippen LogP contribution is 2.22. The second-order valence-electron chi connectivity index (χ2n) is 4.65. The van der Waals surface area contributed by atoms with Crippen molar-refractivity contribution in [1.29, 1.82) is 0 Å². The van der Waals surface area contributed by atoms with E-state index in [1.54, 1.807) is 18.2 Å². The van der Waals surface area contributed by atoms with E-state index in [4.69, 9.17) is 0 Å². The van der Waals surface area contributed by atoms with E-state index in [1.165, 1.54) is 0 Å². The van der Waals surface area contributed by atoms with Crippen LogP contribution in [-0.4, -0.2) is 33.9 Å². The number of sulfonamides is 1. The van der Waals surface area contributed by atoms with Crippen LogP contribution in [0.25, 0.3) is 0 Å². The van der Waals surface area contributed by atoms with Crippen LogP contribution in [0.5, 0.6) is 0 Å². The van der Waals surface area contributed by atoms with Crippen molar-refractivity contribution in [3.8, 4) is 0 Å². The van der Waals surface area contributed by atoms with E-state index in [2.05, 4.69) is 15.0 Å². The lowest BCUT2D eigenvalue weighted by atomic mass is 10.1. The van der Waals surface area contributed by atoms with Crippen LogP contribution >= 0.6 is 0 Å². The maximum absolute atomic E-state index is 11.9. The summed E-state index contributed by atoms with van der Waals surface area (Å²) >= 11 is 0. The van der Waals surface area contributed by atoms with Crippen molar-refractivity contribution >= 4 is 15.9 Å². The summed E-state index contributed by atoms with van der Waals surface area (Å²) in [4.78, 5) is 4.76. The Hall–Kier alpha value is -1.40. The van der Waals surface area contributed by atoms with Gasteiger partial charge in [0.05, 0.1) is 4.90 Å². The quantitative estimate of drug-likeness (QED) is 0.810. The Morgan fingerprint density at radius 3 is 2.94 bits per heavy atom. The third kappa shape index (κ3) is 2.02. The number of rotatable bonds is 2. The molecule has 0 bridgehead atoms. The summed E-state index contributed by atoms with van der Waals surface area (Å²) in [5.74, 6) is 0.993. The molecule has 1 saturated heterocycles. The van der Waals surface area contributed by atoms with Gasteiger partial charge in [0.2, 0.25) is 0 Å². The maximum Gasteiger partial charge on any atom is 0.263 e. The van der Waals surface area contributed by atoms with Crippen molar-refractivity contribution in [2.75, 3.05) is 19.6 Å². The molecule has 0 spiro atoms. The normalized spacial score (nSPS) is 27.1. The van der Waals surface area contributed by atoms with Gasteiger partial charge in [-0.15, -0.1) is 0 Å². The molecule has 5 nitrogen and oxygen atoms in total. The lowest BCUT2D eigenvalue weighted by Gasteiger charge is -2.04. The van der Waals surface area contributed by atoms with E-state index in [0.29, 0.717) is 28.8 Å². The third-order valence-electron chi connectivity index (χ3n) is 3.33. The molecule has 2 N–H and O–H groups in total. The number of fused-ring (bicyclic) bond motifs is 1. The molecule has 3 rings (SSSR count). The zero-order valence-electron chi connectivity index (χ0n) is 9.89. The number of benzene rings is 1. The van der Waals surface area contributed by atoms with Gasteiger partial charge in [-0.2, -0.15) is 0 Å². The van der Waals surface area contributed by atoms with Gasteiger partial charge in [-0.25, -0.2) is 8.42 Å². The standard InChI is InChI=1S/C12H15N3O2S/c16-18(17)11-4-2-1-3-10(11)12(15-18)14-8-9-5-6-13-7-9/h1-4,9,13H,5-8H2,(H,14,15). The summed E-state index contributed by atoms with van der Waals surface area (Å²) < 4.78 is 26.2. The van der Waals surface area contributed by atoms with Crippen molar-refractivity contribution in [2.24, 2.45) is 10.9 Å². The van der Waals surface area contributed by atoms with Crippen molar-refractivity contribution in [2.45, 2.75) is 11.3 Å². The summed E-state index contributed by atoms with van der Waals surface area (Å²) in [7, 11) is -3.40. The molecule has 6 heteroatoms. The van der Waals surface area contributed by atoms with E-state index in [9.17, 15) is 8.42 Å². The van der Waals surface area contributed by atoms with E-state index in [-0.39, 0.29) is 0 Å². The Morgan fingerprint density at radius 2 is 2.17 bits per heavy atom. The molecule has 2 heterocycles. The largest absolute Gasteiger partial charge is 0.316 e. The summed E-state index contributed by atoms with van der Waals surface area (Å²) in [6.45, 7) is 2.65. The number of nitrogens with zero attached hydrogens (tertiary/aromatic N) is 1. The van der Waals surface area contributed by atoms with E-state index in [1.807, 2.05) is 6.07 Å². The molecule has 2 aliphatic heterocycles. The van der Waals surface area contributed by atoms with Gasteiger partial charge in [0.1, 0.15) is 5.84 Å². The Morgan fingerprint density at radius 1 is 1.33 bits per heavy atom. The second kappa shape index (κ2) is 4.37. The molecule has 18 heavy (non-hydrogen) atoms. The predicted molar refractivity (Wildman–Crippen MR) is 69.1 cm³/mol. The lowest BCUT2D eigenvalue weighted by Crippen LogP contribution is -2.23. The van der Waals surface area contributed by atoms with Crippen LogP contribution in [0.2, 0.25) is 0 Å². The molecule has 1 fully saturated rings. The molecule has 0 aromatic heterocycles. The first-order valence-corrected chi connectivity index (χ1v) is 7.52. The first-order chi connectivity index (χ1) is 8.67. The topological polar surface area (TPSA) is 70.6 Å². The fraction of sp³-hybridized carbons (Fsp3) is 0.417. The molecular formula is C12H15N3O2S. The Balaban J connectivity index is 1.88. The number of hydrogen-bond acceptors (Lipinski definition) is 4. The minimum atomic E-state index is -3.40. The second-order valence-corrected chi connectivity index (χ2v) is 6.30. The first kappa shape index (κ1) is 11.7. The number of nitrogens with one attached hydrogen (secondary N) is 2. The molecule has 1 atom stereocenters. The van der Waals surface area contributed by atoms with E-state index >= 15 is 0 Å². The zero-order chi connectivity index (χ0) is 12.6. The highest BCUT2D eigenvalue weighted by atomic mass is 32.2. The lowest BCUT2D eigenvalue weighted by molar-refractivity contribution is 0.592. The van der Waals surface area contributed by atoms with Crippen LogP contribution in [0.3, 0.4) is 0 Å². The Kier molecular flexibility index (Phi) is 2.83. The molecule has 0 aliphatic carbocycles. The fourth-order valence-corrected chi connectivity index (χ4v) is 3.59. The number of aliphatic imine (C=N–C) groups is 1. The first-order valence-electron chi connectivity index (χ1n) is 6.04. The smallest absolute Gasteiger partial charge is 0.263 e. The highest BCUT2D eigenvalue weighted by Gasteiger charge is 2.30. The average molecular weight is 265 g/mol. The molecule has 1 aromatic rings. The van der Waals surface area contributed by atoms with Crippen molar-refractivity contribution in [3.63, 3.8) is 0 Å². The SMILES string of the molecule is O=S1(=O)NC(=NCC2CCNC2)c2ccccc21. The van der Waals surface area contributed by atoms with Gasteiger partial charge in [0.15, 0.2) is 0 Å². The molecule has 0 amide bonds.